The summed E-state index contributed by atoms with van der Waals surface area (Å²) in [7, 11) is 4.78. The first-order valence-electron chi connectivity index (χ1n) is 2.16. The molecule has 2 radical (unpaired) electrons. The number of hydrogen-bond acceptors (Lipinski definition) is 1. The fourth-order valence-corrected chi connectivity index (χ4v) is 0.0962. The highest BCUT2D eigenvalue weighted by Gasteiger charge is 1.87. The van der Waals surface area contributed by atoms with Gasteiger partial charge in [-0.05, 0) is 13.3 Å². The SMILES string of the molecule is [B]OC(C)CC. The van der Waals surface area contributed by atoms with Crippen LogP contribution in [-0.4, -0.2) is 14.2 Å². The van der Waals surface area contributed by atoms with Gasteiger partial charge in [-0.3, -0.25) is 0 Å². The van der Waals surface area contributed by atoms with E-state index in [9.17, 15) is 0 Å². The highest BCUT2D eigenvalue weighted by Crippen LogP contribution is 1.89. The molecule has 1 unspecified atom stereocenters. The zero-order valence-corrected chi connectivity index (χ0v) is 4.27. The molecule has 0 aliphatic rings. The third-order valence-electron chi connectivity index (χ3n) is 0.807. The fourth-order valence-electron chi connectivity index (χ4n) is 0.0962. The molecule has 0 saturated carbocycles. The van der Waals surface area contributed by atoms with Crippen LogP contribution in [-0.2, 0) is 4.65 Å². The van der Waals surface area contributed by atoms with Gasteiger partial charge in [0.25, 0.3) is 8.05 Å². The second-order valence-corrected chi connectivity index (χ2v) is 1.35. The Morgan fingerprint density at radius 1 is 1.83 bits per heavy atom. The van der Waals surface area contributed by atoms with E-state index in [1.807, 2.05) is 13.8 Å². The Morgan fingerprint density at radius 2 is 2.33 bits per heavy atom. The first-order chi connectivity index (χ1) is 2.81. The minimum atomic E-state index is 0.213. The Morgan fingerprint density at radius 3 is 2.33 bits per heavy atom. The van der Waals surface area contributed by atoms with E-state index in [0.717, 1.165) is 6.42 Å². The molecule has 2 heteroatoms. The fraction of sp³-hybridized carbons (Fsp3) is 1.00. The lowest BCUT2D eigenvalue weighted by molar-refractivity contribution is 0.239. The first-order valence-corrected chi connectivity index (χ1v) is 2.16. The molecule has 0 saturated heterocycles. The molecule has 0 fully saturated rings. The zero-order valence-electron chi connectivity index (χ0n) is 4.27. The molecule has 0 rings (SSSR count). The summed E-state index contributed by atoms with van der Waals surface area (Å²) in [5.74, 6) is 0. The van der Waals surface area contributed by atoms with E-state index in [1.165, 1.54) is 0 Å². The summed E-state index contributed by atoms with van der Waals surface area (Å²) in [6.07, 6.45) is 1.20. The van der Waals surface area contributed by atoms with Crippen LogP contribution in [0.5, 0.6) is 0 Å². The molecule has 0 aromatic heterocycles. The predicted molar refractivity (Wildman–Crippen MR) is 26.6 cm³/mol. The van der Waals surface area contributed by atoms with E-state index < -0.39 is 0 Å². The van der Waals surface area contributed by atoms with Crippen LogP contribution < -0.4 is 0 Å². The van der Waals surface area contributed by atoms with Crippen molar-refractivity contribution >= 4 is 8.05 Å². The molecule has 0 amide bonds. The third-order valence-corrected chi connectivity index (χ3v) is 0.807. The van der Waals surface area contributed by atoms with E-state index in [-0.39, 0.29) is 6.10 Å². The minimum absolute atomic E-state index is 0.213. The Labute approximate surface area is 40.1 Å². The molecule has 0 aromatic carbocycles. The van der Waals surface area contributed by atoms with Crippen LogP contribution in [0.15, 0.2) is 0 Å². The normalized spacial score (nSPS) is 14.3. The van der Waals surface area contributed by atoms with Gasteiger partial charge in [-0.2, -0.15) is 0 Å². The van der Waals surface area contributed by atoms with Gasteiger partial charge in [0.1, 0.15) is 0 Å². The van der Waals surface area contributed by atoms with Crippen LogP contribution >= 0.6 is 0 Å². The average Bonchev–Trinajstić information content (AvgIpc) is 1.65. The van der Waals surface area contributed by atoms with Crippen molar-refractivity contribution in [2.45, 2.75) is 26.4 Å². The van der Waals surface area contributed by atoms with Crippen molar-refractivity contribution in [2.75, 3.05) is 0 Å². The predicted octanol–water partition coefficient (Wildman–Crippen LogP) is 0.885. The molecule has 0 bridgehead atoms. The third kappa shape index (κ3) is 2.27. The molecule has 0 aliphatic carbocycles. The van der Waals surface area contributed by atoms with Gasteiger partial charge < -0.3 is 4.65 Å². The van der Waals surface area contributed by atoms with Crippen LogP contribution in [0.25, 0.3) is 0 Å². The molecular formula is C4H9BO. The van der Waals surface area contributed by atoms with Gasteiger partial charge in [-0.15, -0.1) is 0 Å². The van der Waals surface area contributed by atoms with Gasteiger partial charge in [0.05, 0.1) is 0 Å². The first kappa shape index (κ1) is 6.02. The van der Waals surface area contributed by atoms with Crippen molar-refractivity contribution in [1.29, 1.82) is 0 Å². The van der Waals surface area contributed by atoms with Crippen molar-refractivity contribution in [3.8, 4) is 0 Å². The van der Waals surface area contributed by atoms with Crippen LogP contribution in [0.2, 0.25) is 0 Å². The number of hydrogen-bond donors (Lipinski definition) is 0. The molecule has 1 nitrogen and oxygen atoms in total. The van der Waals surface area contributed by atoms with Crippen LogP contribution in [0.1, 0.15) is 20.3 Å². The van der Waals surface area contributed by atoms with Gasteiger partial charge in [0.2, 0.25) is 0 Å². The van der Waals surface area contributed by atoms with E-state index in [1.54, 1.807) is 0 Å². The van der Waals surface area contributed by atoms with Crippen molar-refractivity contribution in [3.63, 3.8) is 0 Å². The largest absolute Gasteiger partial charge is 0.445 e. The standard InChI is InChI=1S/C4H9BO/c1-3-4(2)6-5/h4H,3H2,1-2H3. The topological polar surface area (TPSA) is 9.23 Å². The summed E-state index contributed by atoms with van der Waals surface area (Å²) in [6, 6.07) is 0. The summed E-state index contributed by atoms with van der Waals surface area (Å²) < 4.78 is 4.40. The molecule has 0 N–H and O–H groups in total. The Kier molecular flexibility index (Phi) is 3.24. The lowest BCUT2D eigenvalue weighted by atomic mass is 10.3. The lowest BCUT2D eigenvalue weighted by Gasteiger charge is -2.02. The summed E-state index contributed by atoms with van der Waals surface area (Å²) >= 11 is 0. The van der Waals surface area contributed by atoms with Gasteiger partial charge >= 0.3 is 0 Å². The Bertz CT molecular complexity index is 26.7. The molecule has 34 valence electrons. The van der Waals surface area contributed by atoms with E-state index in [2.05, 4.69) is 4.65 Å². The van der Waals surface area contributed by atoms with Gasteiger partial charge in [-0.1, -0.05) is 6.92 Å². The number of rotatable bonds is 2. The van der Waals surface area contributed by atoms with E-state index in [0.29, 0.717) is 0 Å². The average molecular weight is 83.9 g/mol. The van der Waals surface area contributed by atoms with E-state index >= 15 is 0 Å². The minimum Gasteiger partial charge on any atom is -0.445 e. The monoisotopic (exact) mass is 84.1 g/mol. The highest BCUT2D eigenvalue weighted by atomic mass is 16.4. The smallest absolute Gasteiger partial charge is 0.282 e. The molecule has 6 heavy (non-hydrogen) atoms. The summed E-state index contributed by atoms with van der Waals surface area (Å²) in [6.45, 7) is 3.96. The van der Waals surface area contributed by atoms with Gasteiger partial charge in [0, 0.05) is 6.10 Å². The van der Waals surface area contributed by atoms with Crippen LogP contribution in [0.3, 0.4) is 0 Å². The van der Waals surface area contributed by atoms with Crippen molar-refractivity contribution in [1.82, 2.24) is 0 Å². The maximum Gasteiger partial charge on any atom is 0.282 e. The van der Waals surface area contributed by atoms with Gasteiger partial charge in [0.15, 0.2) is 0 Å². The molecule has 1 atom stereocenters. The summed E-state index contributed by atoms with van der Waals surface area (Å²) in [4.78, 5) is 0. The van der Waals surface area contributed by atoms with Gasteiger partial charge in [-0.25, -0.2) is 0 Å². The molecule has 0 aliphatic heterocycles. The Balaban J connectivity index is 2.75. The molecule has 0 heterocycles. The second-order valence-electron chi connectivity index (χ2n) is 1.35. The molecule has 0 spiro atoms. The van der Waals surface area contributed by atoms with Crippen molar-refractivity contribution < 1.29 is 4.65 Å². The van der Waals surface area contributed by atoms with Crippen molar-refractivity contribution in [2.24, 2.45) is 0 Å². The lowest BCUT2D eigenvalue weighted by Crippen LogP contribution is -2.01. The quantitative estimate of drug-likeness (QED) is 0.451. The van der Waals surface area contributed by atoms with Crippen LogP contribution in [0.4, 0.5) is 0 Å². The highest BCUT2D eigenvalue weighted by molar-refractivity contribution is 5.98. The Hall–Kier alpha value is 0.0249. The van der Waals surface area contributed by atoms with Crippen molar-refractivity contribution in [3.05, 3.63) is 0 Å². The zero-order chi connectivity index (χ0) is 4.99. The summed E-state index contributed by atoms with van der Waals surface area (Å²) in [5.41, 5.74) is 0. The molecular weight excluding hydrogens is 74.9 g/mol. The maximum atomic E-state index is 4.78. The van der Waals surface area contributed by atoms with E-state index in [4.69, 9.17) is 8.05 Å². The molecule has 0 aromatic rings. The second kappa shape index (κ2) is 3.22. The summed E-state index contributed by atoms with van der Waals surface area (Å²) in [5, 5.41) is 0. The van der Waals surface area contributed by atoms with Crippen LogP contribution in [0, 0.1) is 0 Å². The maximum absolute atomic E-state index is 4.78.